The molecule has 4 nitrogen and oxygen atoms in total. The van der Waals surface area contributed by atoms with Crippen molar-refractivity contribution in [1.82, 2.24) is 15.5 Å². The summed E-state index contributed by atoms with van der Waals surface area (Å²) in [6.07, 6.45) is 2.40. The lowest BCUT2D eigenvalue weighted by atomic mass is 9.91. The normalized spacial score (nSPS) is 23.9. The lowest BCUT2D eigenvalue weighted by Gasteiger charge is -2.36. The number of nitrogens with zero attached hydrogens (tertiary/aromatic N) is 1. The van der Waals surface area contributed by atoms with Gasteiger partial charge in [-0.25, -0.2) is 0 Å². The maximum Gasteiger partial charge on any atom is 0.148 e. The van der Waals surface area contributed by atoms with Gasteiger partial charge in [0.05, 0.1) is 0 Å². The molecule has 0 aliphatic carbocycles. The van der Waals surface area contributed by atoms with Crippen LogP contribution in [0.3, 0.4) is 0 Å². The molecule has 1 unspecified atom stereocenters. The highest BCUT2D eigenvalue weighted by molar-refractivity contribution is 5.37. The predicted molar refractivity (Wildman–Crippen MR) is 71.4 cm³/mol. The Kier molecular flexibility index (Phi) is 3.43. The lowest BCUT2D eigenvalue weighted by Crippen LogP contribution is -2.50. The van der Waals surface area contributed by atoms with Gasteiger partial charge in [-0.15, -0.1) is 0 Å². The van der Waals surface area contributed by atoms with E-state index < -0.39 is 0 Å². The first-order valence-corrected chi connectivity index (χ1v) is 6.53. The second-order valence-corrected chi connectivity index (χ2v) is 6.01. The Morgan fingerprint density at radius 1 is 1.47 bits per heavy atom. The molecule has 96 valence electrons. The molecule has 1 saturated heterocycles. The fourth-order valence-corrected chi connectivity index (χ4v) is 2.16. The lowest BCUT2D eigenvalue weighted by molar-refractivity contribution is 0.289. The SMILES string of the molecule is CC(C)c1cc(NC2CCC(C)(C)NC2)n[nH]1. The first kappa shape index (κ1) is 12.4. The van der Waals surface area contributed by atoms with Crippen LogP contribution in [0, 0.1) is 0 Å². The molecule has 2 rings (SSSR count). The van der Waals surface area contributed by atoms with Crippen molar-refractivity contribution in [2.24, 2.45) is 0 Å². The van der Waals surface area contributed by atoms with Gasteiger partial charge in [0.1, 0.15) is 5.82 Å². The number of anilines is 1. The monoisotopic (exact) mass is 236 g/mol. The van der Waals surface area contributed by atoms with E-state index in [2.05, 4.69) is 54.6 Å². The molecule has 0 amide bonds. The van der Waals surface area contributed by atoms with Gasteiger partial charge in [0, 0.05) is 29.9 Å². The minimum atomic E-state index is 0.285. The number of nitrogens with one attached hydrogen (secondary N) is 3. The molecular weight excluding hydrogens is 212 g/mol. The zero-order valence-corrected chi connectivity index (χ0v) is 11.3. The third-order valence-electron chi connectivity index (χ3n) is 3.52. The Morgan fingerprint density at radius 2 is 2.24 bits per heavy atom. The standard InChI is InChI=1S/C13H24N4/c1-9(2)11-7-12(17-16-11)15-10-5-6-13(3,4)14-8-10/h7,9-10,14H,5-6,8H2,1-4H3,(H2,15,16,17). The average Bonchev–Trinajstić information content (AvgIpc) is 2.70. The van der Waals surface area contributed by atoms with Crippen LogP contribution in [-0.2, 0) is 0 Å². The molecular formula is C13H24N4. The van der Waals surface area contributed by atoms with Crippen molar-refractivity contribution < 1.29 is 0 Å². The molecule has 0 saturated carbocycles. The van der Waals surface area contributed by atoms with Gasteiger partial charge in [-0.3, -0.25) is 5.10 Å². The third kappa shape index (κ3) is 3.22. The van der Waals surface area contributed by atoms with Crippen molar-refractivity contribution >= 4 is 5.82 Å². The molecule has 1 atom stereocenters. The number of aromatic nitrogens is 2. The summed E-state index contributed by atoms with van der Waals surface area (Å²) in [4.78, 5) is 0. The van der Waals surface area contributed by atoms with Crippen LogP contribution in [0.25, 0.3) is 0 Å². The highest BCUT2D eigenvalue weighted by atomic mass is 15.2. The van der Waals surface area contributed by atoms with Crippen LogP contribution in [0.4, 0.5) is 5.82 Å². The van der Waals surface area contributed by atoms with Crippen molar-refractivity contribution in [2.75, 3.05) is 11.9 Å². The van der Waals surface area contributed by atoms with Crippen LogP contribution in [-0.4, -0.2) is 28.3 Å². The Labute approximate surface area is 104 Å². The molecule has 1 fully saturated rings. The number of hydrogen-bond acceptors (Lipinski definition) is 3. The van der Waals surface area contributed by atoms with Crippen molar-refractivity contribution in [3.8, 4) is 0 Å². The Bertz CT molecular complexity index is 357. The number of rotatable bonds is 3. The molecule has 1 aromatic rings. The largest absolute Gasteiger partial charge is 0.365 e. The third-order valence-corrected chi connectivity index (χ3v) is 3.52. The zero-order chi connectivity index (χ0) is 12.5. The van der Waals surface area contributed by atoms with E-state index in [1.165, 1.54) is 18.5 Å². The van der Waals surface area contributed by atoms with Gasteiger partial charge in [-0.2, -0.15) is 5.10 Å². The van der Waals surface area contributed by atoms with Gasteiger partial charge in [-0.1, -0.05) is 13.8 Å². The van der Waals surface area contributed by atoms with Crippen molar-refractivity contribution in [3.05, 3.63) is 11.8 Å². The van der Waals surface area contributed by atoms with E-state index in [0.717, 1.165) is 12.4 Å². The highest BCUT2D eigenvalue weighted by Gasteiger charge is 2.26. The molecule has 2 heterocycles. The molecule has 0 spiro atoms. The second kappa shape index (κ2) is 4.69. The quantitative estimate of drug-likeness (QED) is 0.755. The summed E-state index contributed by atoms with van der Waals surface area (Å²) in [7, 11) is 0. The van der Waals surface area contributed by atoms with Gasteiger partial charge in [0.2, 0.25) is 0 Å². The predicted octanol–water partition coefficient (Wildman–Crippen LogP) is 2.48. The maximum atomic E-state index is 4.30. The van der Waals surface area contributed by atoms with Crippen molar-refractivity contribution in [1.29, 1.82) is 0 Å². The smallest absolute Gasteiger partial charge is 0.148 e. The summed E-state index contributed by atoms with van der Waals surface area (Å²) in [5, 5.41) is 14.4. The minimum absolute atomic E-state index is 0.285. The van der Waals surface area contributed by atoms with Crippen LogP contribution >= 0.6 is 0 Å². The highest BCUT2D eigenvalue weighted by Crippen LogP contribution is 2.21. The molecule has 4 heteroatoms. The van der Waals surface area contributed by atoms with Gasteiger partial charge in [0.15, 0.2) is 0 Å². The van der Waals surface area contributed by atoms with Crippen LogP contribution in [0.2, 0.25) is 0 Å². The topological polar surface area (TPSA) is 52.7 Å². The van der Waals surface area contributed by atoms with Crippen LogP contribution < -0.4 is 10.6 Å². The second-order valence-electron chi connectivity index (χ2n) is 6.01. The molecule has 3 N–H and O–H groups in total. The molecule has 0 bridgehead atoms. The Balaban J connectivity index is 1.89. The van der Waals surface area contributed by atoms with Gasteiger partial charge in [-0.05, 0) is 32.6 Å². The number of H-pyrrole nitrogens is 1. The Hall–Kier alpha value is -1.03. The fourth-order valence-electron chi connectivity index (χ4n) is 2.16. The van der Waals surface area contributed by atoms with Gasteiger partial charge in [0.25, 0.3) is 0 Å². The van der Waals surface area contributed by atoms with E-state index in [1.54, 1.807) is 0 Å². The van der Waals surface area contributed by atoms with E-state index in [9.17, 15) is 0 Å². The number of piperidine rings is 1. The van der Waals surface area contributed by atoms with Gasteiger partial charge >= 0.3 is 0 Å². The van der Waals surface area contributed by atoms with E-state index in [-0.39, 0.29) is 5.54 Å². The summed E-state index contributed by atoms with van der Waals surface area (Å²) in [6, 6.07) is 2.61. The van der Waals surface area contributed by atoms with Crippen LogP contribution in [0.15, 0.2) is 6.07 Å². The molecule has 17 heavy (non-hydrogen) atoms. The average molecular weight is 236 g/mol. The summed E-state index contributed by atoms with van der Waals surface area (Å²) in [5.74, 6) is 1.47. The minimum Gasteiger partial charge on any atom is -0.365 e. The zero-order valence-electron chi connectivity index (χ0n) is 11.3. The summed E-state index contributed by atoms with van der Waals surface area (Å²) in [6.45, 7) is 9.87. The Morgan fingerprint density at radius 3 is 2.76 bits per heavy atom. The van der Waals surface area contributed by atoms with Crippen molar-refractivity contribution in [2.45, 2.75) is 58.0 Å². The maximum absolute atomic E-state index is 4.30. The first-order chi connectivity index (χ1) is 7.96. The molecule has 0 radical (unpaired) electrons. The molecule has 1 aliphatic rings. The van der Waals surface area contributed by atoms with E-state index in [4.69, 9.17) is 0 Å². The molecule has 0 aromatic carbocycles. The van der Waals surface area contributed by atoms with Crippen LogP contribution in [0.1, 0.15) is 52.1 Å². The number of hydrogen-bond donors (Lipinski definition) is 3. The summed E-state index contributed by atoms with van der Waals surface area (Å²) >= 11 is 0. The van der Waals surface area contributed by atoms with E-state index in [1.807, 2.05) is 0 Å². The van der Waals surface area contributed by atoms with E-state index in [0.29, 0.717) is 12.0 Å². The summed E-state index contributed by atoms with van der Waals surface area (Å²) in [5.41, 5.74) is 1.48. The van der Waals surface area contributed by atoms with Gasteiger partial charge < -0.3 is 10.6 Å². The summed E-state index contributed by atoms with van der Waals surface area (Å²) < 4.78 is 0. The van der Waals surface area contributed by atoms with Crippen molar-refractivity contribution in [3.63, 3.8) is 0 Å². The molecule has 1 aromatic heterocycles. The van der Waals surface area contributed by atoms with E-state index >= 15 is 0 Å². The first-order valence-electron chi connectivity index (χ1n) is 6.53. The fraction of sp³-hybridized carbons (Fsp3) is 0.769. The number of aromatic amines is 1. The molecule has 1 aliphatic heterocycles. The van der Waals surface area contributed by atoms with Crippen LogP contribution in [0.5, 0.6) is 0 Å².